The Bertz CT molecular complexity index is 481. The molecule has 2 rings (SSSR count). The second kappa shape index (κ2) is 6.33. The molecule has 2 amide bonds. The second-order valence-electron chi connectivity index (χ2n) is 4.83. The lowest BCUT2D eigenvalue weighted by Crippen LogP contribution is -2.48. The van der Waals surface area contributed by atoms with Gasteiger partial charge in [0.15, 0.2) is 0 Å². The number of carbonyl (C=O) groups is 2. The van der Waals surface area contributed by atoms with Gasteiger partial charge in [-0.3, -0.25) is 9.78 Å². The zero-order valence-corrected chi connectivity index (χ0v) is 11.4. The molecule has 0 atom stereocenters. The number of pyridine rings is 1. The van der Waals surface area contributed by atoms with E-state index in [4.69, 9.17) is 5.11 Å². The van der Waals surface area contributed by atoms with Gasteiger partial charge >= 0.3 is 12.0 Å². The van der Waals surface area contributed by atoms with Crippen molar-refractivity contribution in [1.82, 2.24) is 14.8 Å². The minimum absolute atomic E-state index is 0.118. The Kier molecular flexibility index (Phi) is 4.52. The zero-order chi connectivity index (χ0) is 14.5. The molecule has 1 aliphatic rings. The number of nitrogens with one attached hydrogen (secondary N) is 1. The number of urea groups is 1. The minimum Gasteiger partial charge on any atom is -0.481 e. The molecule has 1 fully saturated rings. The van der Waals surface area contributed by atoms with Gasteiger partial charge in [0.05, 0.1) is 24.0 Å². The van der Waals surface area contributed by atoms with E-state index >= 15 is 0 Å². The van der Waals surface area contributed by atoms with E-state index in [1.54, 1.807) is 17.0 Å². The van der Waals surface area contributed by atoms with Gasteiger partial charge in [0.1, 0.15) is 0 Å². The number of anilines is 1. The van der Waals surface area contributed by atoms with Crippen LogP contribution in [0.25, 0.3) is 0 Å². The van der Waals surface area contributed by atoms with Crippen molar-refractivity contribution in [3.8, 4) is 0 Å². The molecule has 0 unspecified atom stereocenters. The molecule has 0 bridgehead atoms. The first kappa shape index (κ1) is 14.3. The number of hydrogen-bond acceptors (Lipinski definition) is 4. The number of carboxylic acids is 1. The SMILES string of the molecule is CN1CCN(C(=O)Nc2ccc(CC(=O)O)nc2)CC1. The van der Waals surface area contributed by atoms with Crippen LogP contribution in [0.4, 0.5) is 10.5 Å². The molecule has 7 heteroatoms. The fourth-order valence-corrected chi connectivity index (χ4v) is 1.97. The summed E-state index contributed by atoms with van der Waals surface area (Å²) >= 11 is 0. The quantitative estimate of drug-likeness (QED) is 0.840. The van der Waals surface area contributed by atoms with Crippen molar-refractivity contribution in [1.29, 1.82) is 0 Å². The van der Waals surface area contributed by atoms with Crippen LogP contribution in [0, 0.1) is 0 Å². The van der Waals surface area contributed by atoms with Gasteiger partial charge in [0.2, 0.25) is 0 Å². The summed E-state index contributed by atoms with van der Waals surface area (Å²) in [6.07, 6.45) is 1.36. The highest BCUT2D eigenvalue weighted by atomic mass is 16.4. The highest BCUT2D eigenvalue weighted by molar-refractivity contribution is 5.89. The lowest BCUT2D eigenvalue weighted by atomic mass is 10.2. The number of rotatable bonds is 3. The third kappa shape index (κ3) is 3.92. The standard InChI is InChI=1S/C13H18N4O3/c1-16-4-6-17(7-5-16)13(20)15-11-3-2-10(14-9-11)8-12(18)19/h2-3,9H,4-8H2,1H3,(H,15,20)(H,18,19). The number of likely N-dealkylation sites (N-methyl/N-ethyl adjacent to an activating group) is 1. The molecule has 1 aromatic heterocycles. The number of hydrogen-bond donors (Lipinski definition) is 2. The molecule has 0 radical (unpaired) electrons. The average Bonchev–Trinajstić information content (AvgIpc) is 2.41. The monoisotopic (exact) mass is 278 g/mol. The normalized spacial score (nSPS) is 15.9. The molecule has 20 heavy (non-hydrogen) atoms. The van der Waals surface area contributed by atoms with Crippen molar-refractivity contribution in [3.63, 3.8) is 0 Å². The Morgan fingerprint density at radius 3 is 2.55 bits per heavy atom. The molecule has 0 aliphatic carbocycles. The van der Waals surface area contributed by atoms with Crippen LogP contribution < -0.4 is 5.32 Å². The molecule has 7 nitrogen and oxygen atoms in total. The van der Waals surface area contributed by atoms with Gasteiger partial charge in [0, 0.05) is 26.2 Å². The van der Waals surface area contributed by atoms with Gasteiger partial charge < -0.3 is 20.2 Å². The summed E-state index contributed by atoms with van der Waals surface area (Å²) in [5.41, 5.74) is 1.04. The Morgan fingerprint density at radius 1 is 1.30 bits per heavy atom. The third-order valence-electron chi connectivity index (χ3n) is 3.20. The number of aromatic nitrogens is 1. The molecular weight excluding hydrogens is 260 g/mol. The summed E-state index contributed by atoms with van der Waals surface area (Å²) in [6, 6.07) is 3.12. The summed E-state index contributed by atoms with van der Waals surface area (Å²) in [7, 11) is 2.03. The summed E-state index contributed by atoms with van der Waals surface area (Å²) in [5.74, 6) is -0.924. The van der Waals surface area contributed by atoms with Crippen molar-refractivity contribution in [2.45, 2.75) is 6.42 Å². The number of carbonyl (C=O) groups excluding carboxylic acids is 1. The van der Waals surface area contributed by atoms with Gasteiger partial charge in [-0.1, -0.05) is 0 Å². The summed E-state index contributed by atoms with van der Waals surface area (Å²) < 4.78 is 0. The number of amides is 2. The Hall–Kier alpha value is -2.15. The van der Waals surface area contributed by atoms with Gasteiger partial charge in [-0.05, 0) is 19.2 Å². The number of carboxylic acid groups (broad SMARTS) is 1. The molecule has 1 aromatic rings. The fraction of sp³-hybridized carbons (Fsp3) is 0.462. The molecule has 108 valence electrons. The maximum Gasteiger partial charge on any atom is 0.321 e. The summed E-state index contributed by atoms with van der Waals surface area (Å²) in [4.78, 5) is 30.5. The second-order valence-corrected chi connectivity index (χ2v) is 4.83. The summed E-state index contributed by atoms with van der Waals surface area (Å²) in [6.45, 7) is 3.13. The largest absolute Gasteiger partial charge is 0.481 e. The maximum atomic E-state index is 12.0. The maximum absolute atomic E-state index is 12.0. The molecule has 0 spiro atoms. The minimum atomic E-state index is -0.924. The highest BCUT2D eigenvalue weighted by Gasteiger charge is 2.18. The first-order valence-electron chi connectivity index (χ1n) is 6.46. The first-order chi connectivity index (χ1) is 9.54. The van der Waals surface area contributed by atoms with E-state index in [-0.39, 0.29) is 12.5 Å². The molecule has 1 aliphatic heterocycles. The van der Waals surface area contributed by atoms with Crippen molar-refractivity contribution < 1.29 is 14.7 Å². The third-order valence-corrected chi connectivity index (χ3v) is 3.20. The predicted octanol–water partition coefficient (Wildman–Crippen LogP) is 0.488. The van der Waals surface area contributed by atoms with E-state index in [0.717, 1.165) is 13.1 Å². The molecule has 0 aromatic carbocycles. The van der Waals surface area contributed by atoms with Gasteiger partial charge in [-0.2, -0.15) is 0 Å². The fourth-order valence-electron chi connectivity index (χ4n) is 1.97. The molecule has 0 saturated carbocycles. The van der Waals surface area contributed by atoms with Crippen molar-refractivity contribution in [3.05, 3.63) is 24.0 Å². The molecular formula is C13H18N4O3. The van der Waals surface area contributed by atoms with Crippen molar-refractivity contribution >= 4 is 17.7 Å². The van der Waals surface area contributed by atoms with Crippen LogP contribution >= 0.6 is 0 Å². The van der Waals surface area contributed by atoms with Crippen LogP contribution in [0.1, 0.15) is 5.69 Å². The number of aliphatic carboxylic acids is 1. The van der Waals surface area contributed by atoms with E-state index in [9.17, 15) is 9.59 Å². The molecule has 2 heterocycles. The van der Waals surface area contributed by atoms with Crippen LogP contribution in [-0.2, 0) is 11.2 Å². The average molecular weight is 278 g/mol. The zero-order valence-electron chi connectivity index (χ0n) is 11.4. The molecule has 2 N–H and O–H groups in total. The number of piperazine rings is 1. The highest BCUT2D eigenvalue weighted by Crippen LogP contribution is 2.09. The lowest BCUT2D eigenvalue weighted by molar-refractivity contribution is -0.136. The summed E-state index contributed by atoms with van der Waals surface area (Å²) in [5, 5.41) is 11.4. The van der Waals surface area contributed by atoms with Crippen LogP contribution in [0.15, 0.2) is 18.3 Å². The number of nitrogens with zero attached hydrogens (tertiary/aromatic N) is 3. The topological polar surface area (TPSA) is 85.8 Å². The smallest absolute Gasteiger partial charge is 0.321 e. The van der Waals surface area contributed by atoms with Crippen LogP contribution in [-0.4, -0.2) is 65.1 Å². The van der Waals surface area contributed by atoms with Crippen LogP contribution in [0.2, 0.25) is 0 Å². The molecule has 1 saturated heterocycles. The van der Waals surface area contributed by atoms with E-state index in [2.05, 4.69) is 15.2 Å². The van der Waals surface area contributed by atoms with Crippen LogP contribution in [0.3, 0.4) is 0 Å². The predicted molar refractivity (Wildman–Crippen MR) is 73.7 cm³/mol. The van der Waals surface area contributed by atoms with Crippen LogP contribution in [0.5, 0.6) is 0 Å². The van der Waals surface area contributed by atoms with Gasteiger partial charge in [0.25, 0.3) is 0 Å². The first-order valence-corrected chi connectivity index (χ1v) is 6.46. The Labute approximate surface area is 117 Å². The van der Waals surface area contributed by atoms with E-state index in [0.29, 0.717) is 24.5 Å². The van der Waals surface area contributed by atoms with Crippen molar-refractivity contribution in [2.75, 3.05) is 38.5 Å². The Morgan fingerprint density at radius 2 is 2.00 bits per heavy atom. The Balaban J connectivity index is 1.89. The van der Waals surface area contributed by atoms with Gasteiger partial charge in [-0.25, -0.2) is 4.79 Å². The van der Waals surface area contributed by atoms with Gasteiger partial charge in [-0.15, -0.1) is 0 Å². The lowest BCUT2D eigenvalue weighted by Gasteiger charge is -2.32. The van der Waals surface area contributed by atoms with Crippen molar-refractivity contribution in [2.24, 2.45) is 0 Å². The van der Waals surface area contributed by atoms with E-state index in [1.165, 1.54) is 6.20 Å². The van der Waals surface area contributed by atoms with E-state index < -0.39 is 5.97 Å². The van der Waals surface area contributed by atoms with E-state index in [1.807, 2.05) is 7.05 Å².